The minimum atomic E-state index is -0.286. The van der Waals surface area contributed by atoms with E-state index in [1.807, 2.05) is 0 Å². The molecule has 0 atom stereocenters. The quantitative estimate of drug-likeness (QED) is 0.254. The van der Waals surface area contributed by atoms with Crippen LogP contribution in [0.3, 0.4) is 0 Å². The Kier molecular flexibility index (Phi) is 9.98. The molecule has 0 aromatic carbocycles. The fourth-order valence-electron chi connectivity index (χ4n) is 6.21. The van der Waals surface area contributed by atoms with Crippen molar-refractivity contribution < 1.29 is 9.85 Å². The highest BCUT2D eigenvalue weighted by Gasteiger charge is 2.34. The molecule has 6 nitrogen and oxygen atoms in total. The number of hydrogen-bond donors (Lipinski definition) is 0. The van der Waals surface area contributed by atoms with Crippen molar-refractivity contribution in [3.05, 3.63) is 20.2 Å². The normalized spacial score (nSPS) is 40.2. The highest BCUT2D eigenvalue weighted by Crippen LogP contribution is 2.44. The smallest absolute Gasteiger partial charge is 0.213 e. The van der Waals surface area contributed by atoms with E-state index in [-0.39, 0.29) is 21.9 Å². The number of nitro groups is 2. The Morgan fingerprint density at radius 2 is 0.576 bits per heavy atom. The molecule has 0 amide bonds. The van der Waals surface area contributed by atoms with E-state index in [0.717, 1.165) is 72.4 Å². The molecule has 4 rings (SSSR count). The molecule has 0 saturated heterocycles. The predicted octanol–water partition coefficient (Wildman–Crippen LogP) is 6.98. The molecule has 0 heterocycles. The van der Waals surface area contributed by atoms with Crippen LogP contribution in [0.2, 0.25) is 0 Å². The van der Waals surface area contributed by atoms with Gasteiger partial charge in [0.2, 0.25) is 12.1 Å². The first-order valence-corrected chi connectivity index (χ1v) is 16.0. The van der Waals surface area contributed by atoms with Crippen molar-refractivity contribution in [3.63, 3.8) is 0 Å². The summed E-state index contributed by atoms with van der Waals surface area (Å²) in [6.45, 7) is 0. The van der Waals surface area contributed by atoms with Gasteiger partial charge in [0.25, 0.3) is 0 Å². The number of hydrogen-bond acceptors (Lipinski definition) is 7. The van der Waals surface area contributed by atoms with Crippen molar-refractivity contribution in [2.75, 3.05) is 0 Å². The summed E-state index contributed by atoms with van der Waals surface area (Å²) in [4.78, 5) is 21.8. The Hall–Kier alpha value is -0.150. The summed E-state index contributed by atoms with van der Waals surface area (Å²) in [6.07, 6.45) is 17.9. The van der Waals surface area contributed by atoms with Gasteiger partial charge >= 0.3 is 0 Å². The first-order chi connectivity index (χ1) is 16.0. The molecule has 0 unspecified atom stereocenters. The molecule has 0 radical (unpaired) electrons. The summed E-state index contributed by atoms with van der Waals surface area (Å²) < 4.78 is 0. The van der Waals surface area contributed by atoms with Crippen molar-refractivity contribution in [1.82, 2.24) is 0 Å². The van der Waals surface area contributed by atoms with E-state index in [1.165, 1.54) is 51.4 Å². The summed E-state index contributed by atoms with van der Waals surface area (Å²) in [6, 6.07) is -0.572. The van der Waals surface area contributed by atoms with Gasteiger partial charge in [-0.1, -0.05) is 0 Å². The molecule has 0 N–H and O–H groups in total. The van der Waals surface area contributed by atoms with Crippen molar-refractivity contribution >= 4 is 35.3 Å². The van der Waals surface area contributed by atoms with Crippen LogP contribution in [0.25, 0.3) is 0 Å². The molecule has 0 aromatic heterocycles. The lowest BCUT2D eigenvalue weighted by Gasteiger charge is -2.36. The Morgan fingerprint density at radius 3 is 0.758 bits per heavy atom. The van der Waals surface area contributed by atoms with Crippen LogP contribution in [0.1, 0.15) is 103 Å². The summed E-state index contributed by atoms with van der Waals surface area (Å²) >= 11 is 6.58. The van der Waals surface area contributed by atoms with E-state index < -0.39 is 0 Å². The Bertz CT molecular complexity index is 584. The second kappa shape index (κ2) is 12.7. The summed E-state index contributed by atoms with van der Waals surface area (Å²) in [5.41, 5.74) is 0. The third kappa shape index (κ3) is 7.92. The van der Waals surface area contributed by atoms with Gasteiger partial charge in [-0.05, 0) is 77.0 Å². The first kappa shape index (κ1) is 25.9. The molecule has 0 spiro atoms. The van der Waals surface area contributed by atoms with Crippen LogP contribution in [0, 0.1) is 20.2 Å². The molecule has 188 valence electrons. The highest BCUT2D eigenvalue weighted by molar-refractivity contribution is 8.01. The van der Waals surface area contributed by atoms with Gasteiger partial charge in [0.05, 0.1) is 0 Å². The lowest BCUT2D eigenvalue weighted by Crippen LogP contribution is -2.30. The zero-order chi connectivity index (χ0) is 23.2. The molecule has 4 aliphatic rings. The van der Waals surface area contributed by atoms with Crippen LogP contribution in [0.4, 0.5) is 0 Å². The molecule has 0 aromatic rings. The minimum absolute atomic E-state index is 0.0704. The maximum Gasteiger partial charge on any atom is 0.213 e. The highest BCUT2D eigenvalue weighted by atomic mass is 32.2. The topological polar surface area (TPSA) is 86.3 Å². The van der Waals surface area contributed by atoms with E-state index in [2.05, 4.69) is 35.3 Å². The monoisotopic (exact) mass is 516 g/mol. The molecule has 4 aliphatic carbocycles. The van der Waals surface area contributed by atoms with Gasteiger partial charge in [0.15, 0.2) is 0 Å². The zero-order valence-electron chi connectivity index (χ0n) is 19.7. The molecule has 4 saturated carbocycles. The van der Waals surface area contributed by atoms with Gasteiger partial charge in [-0.2, -0.15) is 35.3 Å². The third-order valence-corrected chi connectivity index (χ3v) is 13.4. The van der Waals surface area contributed by atoms with E-state index in [9.17, 15) is 20.2 Å². The molecule has 33 heavy (non-hydrogen) atoms. The third-order valence-electron chi connectivity index (χ3n) is 8.28. The average molecular weight is 517 g/mol. The van der Waals surface area contributed by atoms with Crippen molar-refractivity contribution in [2.24, 2.45) is 0 Å². The van der Waals surface area contributed by atoms with Gasteiger partial charge in [-0.3, -0.25) is 20.2 Å². The van der Waals surface area contributed by atoms with Crippen LogP contribution in [-0.4, -0.2) is 53.4 Å². The summed E-state index contributed by atoms with van der Waals surface area (Å²) in [5, 5.41) is 26.4. The van der Waals surface area contributed by atoms with E-state index in [1.54, 1.807) is 0 Å². The zero-order valence-corrected chi connectivity index (χ0v) is 22.1. The average Bonchev–Trinajstić information content (AvgIpc) is 2.82. The van der Waals surface area contributed by atoms with Crippen molar-refractivity contribution in [1.29, 1.82) is 0 Å². The first-order valence-electron chi connectivity index (χ1n) is 13.2. The largest absolute Gasteiger partial charge is 0.264 e. The van der Waals surface area contributed by atoms with Gasteiger partial charge in [0, 0.05) is 67.0 Å². The second-order valence-corrected chi connectivity index (χ2v) is 15.5. The standard InChI is InChI=1S/C24H40N2O4S3/c27-25(28)17-1-5-19(6-2-17)31-21-9-13-23(14-10-21)33-24-15-11-22(12-16-24)32-20-7-3-18(4-8-20)26(29)30/h17-24H,1-16H2. The lowest BCUT2D eigenvalue weighted by molar-refractivity contribution is -0.526. The SMILES string of the molecule is O=[N+]([O-])C1CCC(SC2CCC(SC3CCC(SC4CCC([N+](=O)[O-])CC4)CC3)CC2)CC1. The van der Waals surface area contributed by atoms with E-state index in [4.69, 9.17) is 0 Å². The molecule has 9 heteroatoms. The van der Waals surface area contributed by atoms with Gasteiger partial charge in [-0.15, -0.1) is 0 Å². The minimum Gasteiger partial charge on any atom is -0.264 e. The summed E-state index contributed by atoms with van der Waals surface area (Å²) in [5.74, 6) is 0. The predicted molar refractivity (Wildman–Crippen MR) is 141 cm³/mol. The van der Waals surface area contributed by atoms with E-state index in [0.29, 0.717) is 10.5 Å². The van der Waals surface area contributed by atoms with Gasteiger partial charge in [-0.25, -0.2) is 0 Å². The van der Waals surface area contributed by atoms with Crippen molar-refractivity contribution in [2.45, 2.75) is 146 Å². The molecular formula is C24H40N2O4S3. The van der Waals surface area contributed by atoms with Crippen LogP contribution in [0.15, 0.2) is 0 Å². The lowest BCUT2D eigenvalue weighted by atomic mass is 9.95. The van der Waals surface area contributed by atoms with Gasteiger partial charge in [0.1, 0.15) is 0 Å². The van der Waals surface area contributed by atoms with Crippen LogP contribution < -0.4 is 0 Å². The summed E-state index contributed by atoms with van der Waals surface area (Å²) in [7, 11) is 0. The number of thioether (sulfide) groups is 3. The van der Waals surface area contributed by atoms with E-state index >= 15 is 0 Å². The fourth-order valence-corrected chi connectivity index (χ4v) is 11.1. The maximum atomic E-state index is 11.0. The van der Waals surface area contributed by atoms with Gasteiger partial charge < -0.3 is 0 Å². The van der Waals surface area contributed by atoms with Crippen LogP contribution in [-0.2, 0) is 0 Å². The Morgan fingerprint density at radius 1 is 0.394 bits per heavy atom. The number of nitrogens with zero attached hydrogens (tertiary/aromatic N) is 2. The molecular weight excluding hydrogens is 476 g/mol. The van der Waals surface area contributed by atoms with Crippen LogP contribution in [0.5, 0.6) is 0 Å². The Balaban J connectivity index is 1.07. The second-order valence-electron chi connectivity index (χ2n) is 10.6. The van der Waals surface area contributed by atoms with Crippen molar-refractivity contribution in [3.8, 4) is 0 Å². The fraction of sp³-hybridized carbons (Fsp3) is 1.00. The molecule has 4 fully saturated rings. The molecule has 0 aliphatic heterocycles. The molecule has 0 bridgehead atoms. The van der Waals surface area contributed by atoms with Crippen LogP contribution >= 0.6 is 35.3 Å². The number of rotatable bonds is 8. The maximum absolute atomic E-state index is 11.0. The Labute approximate surface area is 211 Å².